The molecule has 0 atom stereocenters. The van der Waals surface area contributed by atoms with Crippen LogP contribution in [0.25, 0.3) is 10.9 Å². The summed E-state index contributed by atoms with van der Waals surface area (Å²) < 4.78 is 13.6. The van der Waals surface area contributed by atoms with Crippen LogP contribution in [0.4, 0.5) is 0 Å². The van der Waals surface area contributed by atoms with Gasteiger partial charge in [0.15, 0.2) is 0 Å². The zero-order chi connectivity index (χ0) is 27.5. The van der Waals surface area contributed by atoms with E-state index in [9.17, 15) is 4.79 Å². The van der Waals surface area contributed by atoms with E-state index in [4.69, 9.17) is 21.1 Å². The number of hydrogen-bond acceptors (Lipinski definition) is 5. The molecule has 7 heteroatoms. The molecule has 2 aromatic carbocycles. The van der Waals surface area contributed by atoms with Crippen LogP contribution in [0, 0.1) is 5.41 Å². The molecule has 0 saturated heterocycles. The number of methoxy groups -OCH3 is 1. The van der Waals surface area contributed by atoms with Gasteiger partial charge in [0.05, 0.1) is 18.2 Å². The molecule has 0 aliphatic carbocycles. The maximum atomic E-state index is 12.8. The highest BCUT2D eigenvalue weighted by molar-refractivity contribution is 8.00. The Morgan fingerprint density at radius 1 is 1.03 bits per heavy atom. The Hall–Kier alpha value is -2.96. The number of fused-ring (bicyclic) bond motifs is 1. The fraction of sp³-hybridized carbons (Fsp3) is 0.355. The molecule has 0 radical (unpaired) electrons. The molecule has 4 rings (SSSR count). The number of ether oxygens (including phenoxy) is 2. The first kappa shape index (κ1) is 28.1. The average Bonchev–Trinajstić information content (AvgIpc) is 3.13. The first-order valence-electron chi connectivity index (χ1n) is 12.7. The molecule has 0 N–H and O–H groups in total. The maximum absolute atomic E-state index is 12.8. The van der Waals surface area contributed by atoms with E-state index in [1.54, 1.807) is 6.20 Å². The summed E-state index contributed by atoms with van der Waals surface area (Å²) in [7, 11) is 1.45. The number of hydrogen-bond donors (Lipinski definition) is 0. The summed E-state index contributed by atoms with van der Waals surface area (Å²) >= 11 is 7.98. The minimum absolute atomic E-state index is 0.0473. The van der Waals surface area contributed by atoms with Gasteiger partial charge in [-0.1, -0.05) is 50.6 Å². The Balaban J connectivity index is 1.85. The summed E-state index contributed by atoms with van der Waals surface area (Å²) in [6.07, 6.45) is 2.30. The van der Waals surface area contributed by atoms with Crippen molar-refractivity contribution in [2.45, 2.75) is 63.8 Å². The van der Waals surface area contributed by atoms with Crippen LogP contribution in [0.1, 0.15) is 51.6 Å². The summed E-state index contributed by atoms with van der Waals surface area (Å²) in [5.74, 6) is 0.549. The van der Waals surface area contributed by atoms with Gasteiger partial charge < -0.3 is 14.0 Å². The van der Waals surface area contributed by atoms with Crippen molar-refractivity contribution in [3.8, 4) is 5.75 Å². The van der Waals surface area contributed by atoms with E-state index in [1.807, 2.05) is 74.1 Å². The number of aromatic nitrogens is 2. The van der Waals surface area contributed by atoms with Crippen molar-refractivity contribution in [3.05, 3.63) is 88.8 Å². The number of benzene rings is 2. The van der Waals surface area contributed by atoms with E-state index in [-0.39, 0.29) is 10.7 Å². The molecule has 4 aromatic rings. The minimum Gasteiger partial charge on any atom is -0.487 e. The van der Waals surface area contributed by atoms with Gasteiger partial charge in [-0.25, -0.2) is 0 Å². The molecule has 2 heterocycles. The lowest BCUT2D eigenvalue weighted by molar-refractivity contribution is -0.150. The lowest BCUT2D eigenvalue weighted by Gasteiger charge is -2.25. The summed E-state index contributed by atoms with van der Waals surface area (Å²) in [6.45, 7) is 11.5. The monoisotopic (exact) mass is 550 g/mol. The molecule has 0 aliphatic heterocycles. The van der Waals surface area contributed by atoms with E-state index in [0.717, 1.165) is 38.5 Å². The number of rotatable bonds is 9. The van der Waals surface area contributed by atoms with Crippen LogP contribution in [0.3, 0.4) is 0 Å². The Morgan fingerprint density at radius 3 is 2.39 bits per heavy atom. The van der Waals surface area contributed by atoms with Crippen molar-refractivity contribution in [2.75, 3.05) is 7.11 Å². The molecule has 0 saturated carbocycles. The van der Waals surface area contributed by atoms with E-state index in [1.165, 1.54) is 7.11 Å². The van der Waals surface area contributed by atoms with Crippen LogP contribution >= 0.6 is 23.4 Å². The lowest BCUT2D eigenvalue weighted by Crippen LogP contribution is -2.29. The number of esters is 1. The lowest BCUT2D eigenvalue weighted by atomic mass is 9.87. The molecule has 5 nitrogen and oxygen atoms in total. The van der Waals surface area contributed by atoms with Crippen LogP contribution in [-0.4, -0.2) is 27.4 Å². The number of carbonyl (C=O) groups excluding carboxylic acids is 1. The van der Waals surface area contributed by atoms with Crippen LogP contribution in [0.15, 0.2) is 71.8 Å². The molecule has 2 aromatic heterocycles. The number of thioether (sulfide) groups is 1. The summed E-state index contributed by atoms with van der Waals surface area (Å²) in [5, 5.41) is 1.81. The van der Waals surface area contributed by atoms with Crippen LogP contribution in [-0.2, 0) is 29.1 Å². The number of halogens is 1. The van der Waals surface area contributed by atoms with Crippen molar-refractivity contribution < 1.29 is 14.3 Å². The summed E-state index contributed by atoms with van der Waals surface area (Å²) in [6, 6.07) is 19.9. The fourth-order valence-corrected chi connectivity index (χ4v) is 5.71. The Bertz CT molecular complexity index is 1410. The second kappa shape index (κ2) is 11.4. The van der Waals surface area contributed by atoms with E-state index >= 15 is 0 Å². The molecular formula is C31H35ClN2O3S. The zero-order valence-corrected chi connectivity index (χ0v) is 24.4. The third-order valence-corrected chi connectivity index (χ3v) is 7.74. The third kappa shape index (κ3) is 6.72. The molecule has 0 unspecified atom stereocenters. The van der Waals surface area contributed by atoms with Crippen molar-refractivity contribution in [1.29, 1.82) is 0 Å². The molecule has 200 valence electrons. The first-order chi connectivity index (χ1) is 18.0. The second-order valence-corrected chi connectivity index (χ2v) is 13.3. The standard InChI is InChI=1S/C31H35ClN2O3S/c1-30(2,3)38-28-25-17-24(37-20-23-9-7-8-16-33-23)14-15-26(25)34(19-21-10-12-22(32)13-11-21)27(28)18-31(4,5)29(35)36-6/h7-17H,18-20H2,1-6H3. The van der Waals surface area contributed by atoms with Crippen LogP contribution < -0.4 is 4.74 Å². The third-order valence-electron chi connectivity index (χ3n) is 6.21. The van der Waals surface area contributed by atoms with E-state index < -0.39 is 5.41 Å². The number of pyridine rings is 1. The van der Waals surface area contributed by atoms with Gasteiger partial charge in [-0.15, -0.1) is 11.8 Å². The van der Waals surface area contributed by atoms with E-state index in [0.29, 0.717) is 24.6 Å². The molecular weight excluding hydrogens is 516 g/mol. The summed E-state index contributed by atoms with van der Waals surface area (Å²) in [4.78, 5) is 18.3. The van der Waals surface area contributed by atoms with Gasteiger partial charge in [0, 0.05) is 50.4 Å². The van der Waals surface area contributed by atoms with Crippen molar-refractivity contribution in [2.24, 2.45) is 5.41 Å². The van der Waals surface area contributed by atoms with Gasteiger partial charge in [0.2, 0.25) is 0 Å². The fourth-order valence-electron chi connectivity index (χ4n) is 4.40. The summed E-state index contributed by atoms with van der Waals surface area (Å²) in [5.41, 5.74) is 3.50. The highest BCUT2D eigenvalue weighted by Gasteiger charge is 2.33. The molecule has 0 bridgehead atoms. The number of nitrogens with zero attached hydrogens (tertiary/aromatic N) is 2. The maximum Gasteiger partial charge on any atom is 0.311 e. The van der Waals surface area contributed by atoms with Crippen molar-refractivity contribution >= 4 is 40.2 Å². The van der Waals surface area contributed by atoms with Gasteiger partial charge in [-0.3, -0.25) is 9.78 Å². The van der Waals surface area contributed by atoms with Crippen molar-refractivity contribution in [3.63, 3.8) is 0 Å². The first-order valence-corrected chi connectivity index (χ1v) is 13.9. The highest BCUT2D eigenvalue weighted by Crippen LogP contribution is 2.44. The second-order valence-electron chi connectivity index (χ2n) is 11.0. The Morgan fingerprint density at radius 2 is 1.76 bits per heavy atom. The average molecular weight is 551 g/mol. The Kier molecular flexibility index (Phi) is 8.43. The van der Waals surface area contributed by atoms with Gasteiger partial charge in [0.1, 0.15) is 12.4 Å². The molecule has 0 aliphatic rings. The predicted molar refractivity (Wildman–Crippen MR) is 156 cm³/mol. The topological polar surface area (TPSA) is 53.4 Å². The van der Waals surface area contributed by atoms with Gasteiger partial charge in [0.25, 0.3) is 0 Å². The highest BCUT2D eigenvalue weighted by atomic mass is 35.5. The molecule has 0 fully saturated rings. The quantitative estimate of drug-likeness (QED) is 0.156. The van der Waals surface area contributed by atoms with Crippen molar-refractivity contribution in [1.82, 2.24) is 9.55 Å². The smallest absolute Gasteiger partial charge is 0.311 e. The van der Waals surface area contributed by atoms with Gasteiger partial charge in [-0.05, 0) is 61.9 Å². The minimum atomic E-state index is -0.702. The Labute approximate surface area is 234 Å². The number of carbonyl (C=O) groups is 1. The van der Waals surface area contributed by atoms with Gasteiger partial charge in [-0.2, -0.15) is 0 Å². The molecule has 0 spiro atoms. The van der Waals surface area contributed by atoms with Gasteiger partial charge >= 0.3 is 5.97 Å². The van der Waals surface area contributed by atoms with Crippen LogP contribution in [0.2, 0.25) is 5.02 Å². The molecule has 0 amide bonds. The van der Waals surface area contributed by atoms with E-state index in [2.05, 4.69) is 42.5 Å². The normalized spacial score (nSPS) is 12.1. The zero-order valence-electron chi connectivity index (χ0n) is 22.9. The predicted octanol–water partition coefficient (Wildman–Crippen LogP) is 7.95. The largest absolute Gasteiger partial charge is 0.487 e. The SMILES string of the molecule is COC(=O)C(C)(C)Cc1c(SC(C)(C)C)c2cc(OCc3ccccn3)ccc2n1Cc1ccc(Cl)cc1. The molecule has 38 heavy (non-hydrogen) atoms. The van der Waals surface area contributed by atoms with Crippen LogP contribution in [0.5, 0.6) is 5.75 Å².